The lowest BCUT2D eigenvalue weighted by Crippen LogP contribution is -2.22. The fourth-order valence-corrected chi connectivity index (χ4v) is 3.11. The first-order valence-corrected chi connectivity index (χ1v) is 9.08. The number of aromatic nitrogens is 2. The quantitative estimate of drug-likeness (QED) is 0.654. The molecule has 0 fully saturated rings. The van der Waals surface area contributed by atoms with Crippen molar-refractivity contribution < 1.29 is 9.53 Å². The Balaban J connectivity index is 1.64. The highest BCUT2D eigenvalue weighted by Crippen LogP contribution is 2.22. The molecular formula is C20H20BrN3O2. The van der Waals surface area contributed by atoms with Crippen LogP contribution in [0.1, 0.15) is 16.7 Å². The number of aryl methyl sites for hydroxylation is 2. The number of nitrogens with zero attached hydrogens (tertiary/aromatic N) is 2. The summed E-state index contributed by atoms with van der Waals surface area (Å²) in [5.74, 6) is 1.17. The molecule has 6 heteroatoms. The predicted molar refractivity (Wildman–Crippen MR) is 106 cm³/mol. The van der Waals surface area contributed by atoms with Crippen LogP contribution < -0.4 is 10.1 Å². The molecule has 0 saturated heterocycles. The SMILES string of the molecule is Cc1cccc(C)c1OCC(=O)Nc1ccnn1Cc1ccccc1Br. The number of benzene rings is 2. The van der Waals surface area contributed by atoms with Crippen molar-refractivity contribution in [1.82, 2.24) is 9.78 Å². The summed E-state index contributed by atoms with van der Waals surface area (Å²) in [5.41, 5.74) is 3.10. The second kappa shape index (κ2) is 8.19. The van der Waals surface area contributed by atoms with E-state index in [9.17, 15) is 4.79 Å². The van der Waals surface area contributed by atoms with E-state index in [0.29, 0.717) is 12.4 Å². The molecule has 0 atom stereocenters. The van der Waals surface area contributed by atoms with Crippen LogP contribution in [0, 0.1) is 13.8 Å². The van der Waals surface area contributed by atoms with Crippen LogP contribution in [0.4, 0.5) is 5.82 Å². The minimum absolute atomic E-state index is 0.0497. The van der Waals surface area contributed by atoms with Crippen LogP contribution in [0.2, 0.25) is 0 Å². The Bertz CT molecular complexity index is 901. The highest BCUT2D eigenvalue weighted by molar-refractivity contribution is 9.10. The maximum absolute atomic E-state index is 12.3. The third-order valence-corrected chi connectivity index (χ3v) is 4.79. The lowest BCUT2D eigenvalue weighted by atomic mass is 10.1. The van der Waals surface area contributed by atoms with Crippen LogP contribution in [0.25, 0.3) is 0 Å². The average molecular weight is 414 g/mol. The van der Waals surface area contributed by atoms with Crippen LogP contribution in [-0.4, -0.2) is 22.3 Å². The molecule has 3 rings (SSSR count). The topological polar surface area (TPSA) is 56.1 Å². The van der Waals surface area contributed by atoms with E-state index in [1.165, 1.54) is 0 Å². The van der Waals surface area contributed by atoms with Gasteiger partial charge in [0.2, 0.25) is 0 Å². The molecule has 1 amide bonds. The molecule has 0 bridgehead atoms. The van der Waals surface area contributed by atoms with Gasteiger partial charge in [-0.25, -0.2) is 4.68 Å². The molecule has 1 heterocycles. The van der Waals surface area contributed by atoms with Crippen LogP contribution in [-0.2, 0) is 11.3 Å². The summed E-state index contributed by atoms with van der Waals surface area (Å²) in [4.78, 5) is 12.3. The van der Waals surface area contributed by atoms with E-state index >= 15 is 0 Å². The van der Waals surface area contributed by atoms with Crippen molar-refractivity contribution in [2.45, 2.75) is 20.4 Å². The molecule has 0 aliphatic carbocycles. The lowest BCUT2D eigenvalue weighted by Gasteiger charge is -2.13. The molecule has 134 valence electrons. The summed E-state index contributed by atoms with van der Waals surface area (Å²) < 4.78 is 8.46. The van der Waals surface area contributed by atoms with Gasteiger partial charge in [-0.05, 0) is 36.6 Å². The Morgan fingerprint density at radius 3 is 2.58 bits per heavy atom. The van der Waals surface area contributed by atoms with Crippen LogP contribution in [0.5, 0.6) is 5.75 Å². The number of amides is 1. The first-order valence-electron chi connectivity index (χ1n) is 8.28. The van der Waals surface area contributed by atoms with E-state index in [1.54, 1.807) is 16.9 Å². The van der Waals surface area contributed by atoms with Gasteiger partial charge in [0.1, 0.15) is 11.6 Å². The Morgan fingerprint density at radius 2 is 1.85 bits per heavy atom. The normalized spacial score (nSPS) is 10.6. The van der Waals surface area contributed by atoms with E-state index in [1.807, 2.05) is 56.3 Å². The maximum atomic E-state index is 12.3. The fraction of sp³-hybridized carbons (Fsp3) is 0.200. The van der Waals surface area contributed by atoms with Gasteiger partial charge < -0.3 is 10.1 Å². The van der Waals surface area contributed by atoms with E-state index in [4.69, 9.17) is 4.74 Å². The van der Waals surface area contributed by atoms with Crippen molar-refractivity contribution in [3.05, 3.63) is 75.9 Å². The number of hydrogen-bond acceptors (Lipinski definition) is 3. The van der Waals surface area contributed by atoms with Crippen LogP contribution >= 0.6 is 15.9 Å². The molecule has 3 aromatic rings. The van der Waals surface area contributed by atoms with Gasteiger partial charge in [0.15, 0.2) is 6.61 Å². The van der Waals surface area contributed by atoms with Gasteiger partial charge in [-0.3, -0.25) is 4.79 Å². The monoisotopic (exact) mass is 413 g/mol. The summed E-state index contributed by atoms with van der Waals surface area (Å²) >= 11 is 3.53. The van der Waals surface area contributed by atoms with Crippen molar-refractivity contribution in [2.75, 3.05) is 11.9 Å². The van der Waals surface area contributed by atoms with Gasteiger partial charge in [-0.15, -0.1) is 0 Å². The number of nitrogens with one attached hydrogen (secondary N) is 1. The fourth-order valence-electron chi connectivity index (χ4n) is 2.70. The molecule has 1 aromatic heterocycles. The van der Waals surface area contributed by atoms with Crippen LogP contribution in [0.3, 0.4) is 0 Å². The Kier molecular flexibility index (Phi) is 5.73. The van der Waals surface area contributed by atoms with Crippen molar-refractivity contribution in [3.8, 4) is 5.75 Å². The molecule has 0 unspecified atom stereocenters. The third-order valence-electron chi connectivity index (χ3n) is 4.02. The van der Waals surface area contributed by atoms with Crippen molar-refractivity contribution in [3.63, 3.8) is 0 Å². The number of hydrogen-bond donors (Lipinski definition) is 1. The summed E-state index contributed by atoms with van der Waals surface area (Å²) in [6.45, 7) is 4.44. The van der Waals surface area contributed by atoms with Gasteiger partial charge in [0, 0.05) is 10.5 Å². The Morgan fingerprint density at radius 1 is 1.12 bits per heavy atom. The van der Waals surface area contributed by atoms with Gasteiger partial charge >= 0.3 is 0 Å². The second-order valence-corrected chi connectivity index (χ2v) is 6.88. The molecule has 5 nitrogen and oxygen atoms in total. The molecule has 0 aliphatic rings. The summed E-state index contributed by atoms with van der Waals surface area (Å²) in [7, 11) is 0. The number of rotatable bonds is 6. The molecule has 0 radical (unpaired) electrons. The highest BCUT2D eigenvalue weighted by Gasteiger charge is 2.11. The Hall–Kier alpha value is -2.60. The van der Waals surface area contributed by atoms with Crippen molar-refractivity contribution >= 4 is 27.7 Å². The summed E-state index contributed by atoms with van der Waals surface area (Å²) in [5, 5.41) is 7.15. The molecule has 2 aromatic carbocycles. The second-order valence-electron chi connectivity index (χ2n) is 6.02. The summed E-state index contributed by atoms with van der Waals surface area (Å²) in [6, 6.07) is 15.6. The lowest BCUT2D eigenvalue weighted by molar-refractivity contribution is -0.118. The van der Waals surface area contributed by atoms with E-state index < -0.39 is 0 Å². The Labute approximate surface area is 161 Å². The largest absolute Gasteiger partial charge is 0.483 e. The van der Waals surface area contributed by atoms with Gasteiger partial charge in [-0.1, -0.05) is 52.3 Å². The first-order chi connectivity index (χ1) is 12.5. The first kappa shape index (κ1) is 18.2. The maximum Gasteiger partial charge on any atom is 0.263 e. The zero-order valence-corrected chi connectivity index (χ0v) is 16.3. The minimum atomic E-state index is -0.221. The third kappa shape index (κ3) is 4.32. The van der Waals surface area contributed by atoms with Crippen LogP contribution in [0.15, 0.2) is 59.2 Å². The molecule has 26 heavy (non-hydrogen) atoms. The molecule has 0 spiro atoms. The van der Waals surface area contributed by atoms with E-state index in [0.717, 1.165) is 26.9 Å². The van der Waals surface area contributed by atoms with E-state index in [2.05, 4.69) is 26.3 Å². The van der Waals surface area contributed by atoms with Crippen molar-refractivity contribution in [1.29, 1.82) is 0 Å². The number of carbonyl (C=O) groups excluding carboxylic acids is 1. The predicted octanol–water partition coefficient (Wildman–Crippen LogP) is 4.33. The van der Waals surface area contributed by atoms with Gasteiger partial charge in [0.05, 0.1) is 12.7 Å². The number of para-hydroxylation sites is 1. The minimum Gasteiger partial charge on any atom is -0.483 e. The molecule has 0 saturated carbocycles. The number of anilines is 1. The van der Waals surface area contributed by atoms with E-state index in [-0.39, 0.29) is 12.5 Å². The average Bonchev–Trinajstić information content (AvgIpc) is 3.03. The van der Waals surface area contributed by atoms with Gasteiger partial charge in [0.25, 0.3) is 5.91 Å². The number of ether oxygens (including phenoxy) is 1. The number of carbonyl (C=O) groups is 1. The number of halogens is 1. The highest BCUT2D eigenvalue weighted by atomic mass is 79.9. The van der Waals surface area contributed by atoms with Crippen molar-refractivity contribution in [2.24, 2.45) is 0 Å². The zero-order valence-electron chi connectivity index (χ0n) is 14.7. The zero-order chi connectivity index (χ0) is 18.5. The molecule has 0 aliphatic heterocycles. The standard InChI is InChI=1S/C20H20BrN3O2/c1-14-6-5-7-15(2)20(14)26-13-19(25)23-18-10-11-22-24(18)12-16-8-3-4-9-17(16)21/h3-11H,12-13H2,1-2H3,(H,23,25). The molecule has 1 N–H and O–H groups in total. The molecular weight excluding hydrogens is 394 g/mol. The summed E-state index contributed by atoms with van der Waals surface area (Å²) in [6.07, 6.45) is 1.67. The smallest absolute Gasteiger partial charge is 0.263 e. The van der Waals surface area contributed by atoms with Gasteiger partial charge in [-0.2, -0.15) is 5.10 Å².